The zero-order chi connectivity index (χ0) is 20.8. The van der Waals surface area contributed by atoms with Crippen LogP contribution in [0.4, 0.5) is 11.4 Å². The molecular formula is C20H15N5O4. The smallest absolute Gasteiger partial charge is 0.272 e. The molecule has 9 nitrogen and oxygen atoms in total. The van der Waals surface area contributed by atoms with Crippen molar-refractivity contribution in [2.45, 2.75) is 0 Å². The molecule has 0 saturated carbocycles. The highest BCUT2D eigenvalue weighted by atomic mass is 16.6. The fourth-order valence-corrected chi connectivity index (χ4v) is 2.48. The maximum atomic E-state index is 12.2. The molecule has 0 fully saturated rings. The highest BCUT2D eigenvalue weighted by Gasteiger charge is 2.13. The third-order valence-electron chi connectivity index (χ3n) is 3.85. The molecule has 1 heterocycles. The van der Waals surface area contributed by atoms with E-state index in [-0.39, 0.29) is 17.9 Å². The molecular weight excluding hydrogens is 374 g/mol. The topological polar surface area (TPSA) is 119 Å². The monoisotopic (exact) mass is 389 g/mol. The molecule has 0 atom stereocenters. The number of carbonyl (C=O) groups is 2. The van der Waals surface area contributed by atoms with E-state index in [0.29, 0.717) is 16.9 Å². The van der Waals surface area contributed by atoms with Crippen LogP contribution >= 0.6 is 0 Å². The highest BCUT2D eigenvalue weighted by molar-refractivity contribution is 5.98. The van der Waals surface area contributed by atoms with Crippen LogP contribution in [-0.4, -0.2) is 33.1 Å². The Morgan fingerprint density at radius 2 is 1.97 bits per heavy atom. The van der Waals surface area contributed by atoms with E-state index in [2.05, 4.69) is 21.7 Å². The van der Waals surface area contributed by atoms with Crippen LogP contribution in [0.15, 0.2) is 60.8 Å². The minimum absolute atomic E-state index is 0.0682. The van der Waals surface area contributed by atoms with Crippen LogP contribution in [0.25, 0.3) is 5.69 Å². The molecule has 144 valence electrons. The molecule has 0 bridgehead atoms. The molecule has 2 aromatic carbocycles. The molecule has 0 aliphatic rings. The van der Waals surface area contributed by atoms with Gasteiger partial charge in [-0.25, -0.2) is 4.68 Å². The average Bonchev–Trinajstić information content (AvgIpc) is 3.22. The van der Waals surface area contributed by atoms with Crippen molar-refractivity contribution in [3.05, 3.63) is 82.2 Å². The van der Waals surface area contributed by atoms with E-state index in [1.54, 1.807) is 30.3 Å². The Kier molecular flexibility index (Phi) is 5.66. The van der Waals surface area contributed by atoms with Crippen LogP contribution in [0.3, 0.4) is 0 Å². The van der Waals surface area contributed by atoms with E-state index in [4.69, 9.17) is 6.42 Å². The number of amides is 2. The number of carbonyl (C=O) groups excluding carboxylic acids is 2. The summed E-state index contributed by atoms with van der Waals surface area (Å²) in [6.45, 7) is -0.261. The van der Waals surface area contributed by atoms with E-state index in [1.807, 2.05) is 0 Å². The molecule has 0 aliphatic heterocycles. The summed E-state index contributed by atoms with van der Waals surface area (Å²) in [5.74, 6) is 1.49. The Morgan fingerprint density at radius 3 is 2.72 bits per heavy atom. The third-order valence-corrected chi connectivity index (χ3v) is 3.85. The second-order valence-electron chi connectivity index (χ2n) is 5.88. The Morgan fingerprint density at radius 1 is 1.17 bits per heavy atom. The zero-order valence-corrected chi connectivity index (χ0v) is 15.0. The minimum Gasteiger partial charge on any atom is -0.342 e. The second kappa shape index (κ2) is 8.49. The van der Waals surface area contributed by atoms with Crippen LogP contribution in [0.5, 0.6) is 0 Å². The first kappa shape index (κ1) is 19.3. The van der Waals surface area contributed by atoms with Gasteiger partial charge in [-0.05, 0) is 30.3 Å². The van der Waals surface area contributed by atoms with Crippen LogP contribution in [0.1, 0.15) is 16.1 Å². The number of nitrogens with one attached hydrogen (secondary N) is 2. The van der Waals surface area contributed by atoms with Gasteiger partial charge in [0.15, 0.2) is 5.69 Å². The number of anilines is 1. The van der Waals surface area contributed by atoms with Crippen molar-refractivity contribution >= 4 is 23.2 Å². The quantitative estimate of drug-likeness (QED) is 0.380. The summed E-state index contributed by atoms with van der Waals surface area (Å²) >= 11 is 0. The van der Waals surface area contributed by atoms with Crippen LogP contribution in [0, 0.1) is 22.5 Å². The van der Waals surface area contributed by atoms with Crippen molar-refractivity contribution in [3.8, 4) is 18.0 Å². The van der Waals surface area contributed by atoms with Gasteiger partial charge in [-0.1, -0.05) is 18.1 Å². The molecule has 3 rings (SSSR count). The number of hydrogen-bond donors (Lipinski definition) is 2. The first-order valence-corrected chi connectivity index (χ1v) is 8.41. The first-order valence-electron chi connectivity index (χ1n) is 8.41. The highest BCUT2D eigenvalue weighted by Crippen LogP contribution is 2.16. The van der Waals surface area contributed by atoms with Gasteiger partial charge in [0, 0.05) is 29.6 Å². The van der Waals surface area contributed by atoms with E-state index < -0.39 is 16.7 Å². The molecule has 9 heteroatoms. The van der Waals surface area contributed by atoms with Gasteiger partial charge in [-0.3, -0.25) is 19.7 Å². The molecule has 0 unspecified atom stereocenters. The van der Waals surface area contributed by atoms with Crippen molar-refractivity contribution in [2.24, 2.45) is 0 Å². The molecule has 0 radical (unpaired) electrons. The predicted octanol–water partition coefficient (Wildman–Crippen LogP) is 2.13. The van der Waals surface area contributed by atoms with E-state index in [1.165, 1.54) is 35.1 Å². The maximum absolute atomic E-state index is 12.2. The summed E-state index contributed by atoms with van der Waals surface area (Å²) in [5, 5.41) is 20.1. The lowest BCUT2D eigenvalue weighted by molar-refractivity contribution is -0.384. The van der Waals surface area contributed by atoms with E-state index >= 15 is 0 Å². The third kappa shape index (κ3) is 4.84. The van der Waals surface area contributed by atoms with Gasteiger partial charge >= 0.3 is 0 Å². The summed E-state index contributed by atoms with van der Waals surface area (Å²) in [6, 6.07) is 14.1. The molecule has 0 spiro atoms. The number of non-ortho nitro benzene ring substituents is 1. The molecule has 0 aliphatic carbocycles. The Labute approximate surface area is 165 Å². The van der Waals surface area contributed by atoms with Gasteiger partial charge in [0.05, 0.1) is 17.2 Å². The lowest BCUT2D eigenvalue weighted by atomic mass is 10.2. The predicted molar refractivity (Wildman–Crippen MR) is 106 cm³/mol. The number of rotatable bonds is 6. The zero-order valence-electron chi connectivity index (χ0n) is 15.0. The molecule has 3 aromatic rings. The van der Waals surface area contributed by atoms with Crippen LogP contribution < -0.4 is 10.6 Å². The lowest BCUT2D eigenvalue weighted by Gasteiger charge is -2.06. The normalized spacial score (nSPS) is 10.0. The average molecular weight is 389 g/mol. The van der Waals surface area contributed by atoms with Crippen molar-refractivity contribution in [3.63, 3.8) is 0 Å². The lowest BCUT2D eigenvalue weighted by Crippen LogP contribution is -2.33. The minimum atomic E-state index is -0.554. The number of terminal acetylenes is 1. The molecule has 2 N–H and O–H groups in total. The summed E-state index contributed by atoms with van der Waals surface area (Å²) in [5.41, 5.74) is 1.56. The fraction of sp³-hybridized carbons (Fsp3) is 0.0500. The number of benzene rings is 2. The van der Waals surface area contributed by atoms with Crippen molar-refractivity contribution < 1.29 is 14.5 Å². The maximum Gasteiger partial charge on any atom is 0.272 e. The summed E-state index contributed by atoms with van der Waals surface area (Å²) in [6.07, 6.45) is 6.82. The van der Waals surface area contributed by atoms with Gasteiger partial charge in [-0.2, -0.15) is 5.10 Å². The van der Waals surface area contributed by atoms with E-state index in [0.717, 1.165) is 0 Å². The summed E-state index contributed by atoms with van der Waals surface area (Å²) in [7, 11) is 0. The Balaban J connectivity index is 1.60. The number of hydrogen-bond acceptors (Lipinski definition) is 5. The van der Waals surface area contributed by atoms with Crippen LogP contribution in [-0.2, 0) is 4.79 Å². The molecule has 1 aromatic heterocycles. The standard InChI is InChI=1S/C20H15N5O4/c1-2-14-5-3-6-15(11-14)22-19(26)13-21-20(27)18-9-10-24(23-18)16-7-4-8-17(12-16)25(28)29/h1,3-12H,13H2,(H,21,27)(H,22,26). The Bertz CT molecular complexity index is 1130. The molecule has 0 saturated heterocycles. The second-order valence-corrected chi connectivity index (χ2v) is 5.88. The fourth-order valence-electron chi connectivity index (χ4n) is 2.48. The molecule has 29 heavy (non-hydrogen) atoms. The largest absolute Gasteiger partial charge is 0.342 e. The van der Waals surface area contributed by atoms with Crippen LogP contribution in [0.2, 0.25) is 0 Å². The van der Waals surface area contributed by atoms with Gasteiger partial charge in [0.25, 0.3) is 11.6 Å². The van der Waals surface area contributed by atoms with Gasteiger partial charge in [-0.15, -0.1) is 6.42 Å². The molecule has 2 amide bonds. The number of aromatic nitrogens is 2. The number of nitrogens with zero attached hydrogens (tertiary/aromatic N) is 3. The van der Waals surface area contributed by atoms with Crippen molar-refractivity contribution in [1.29, 1.82) is 0 Å². The number of nitro groups is 1. The Hall–Kier alpha value is -4.45. The SMILES string of the molecule is C#Cc1cccc(NC(=O)CNC(=O)c2ccn(-c3cccc([N+](=O)[O-])c3)n2)c1. The van der Waals surface area contributed by atoms with Gasteiger partial charge < -0.3 is 10.6 Å². The summed E-state index contributed by atoms with van der Waals surface area (Å²) < 4.78 is 1.34. The van der Waals surface area contributed by atoms with Crippen molar-refractivity contribution in [1.82, 2.24) is 15.1 Å². The van der Waals surface area contributed by atoms with Gasteiger partial charge in [0.2, 0.25) is 5.91 Å². The number of nitro benzene ring substituents is 1. The van der Waals surface area contributed by atoms with Gasteiger partial charge in [0.1, 0.15) is 0 Å². The first-order chi connectivity index (χ1) is 14.0. The summed E-state index contributed by atoms with van der Waals surface area (Å²) in [4.78, 5) is 34.6. The van der Waals surface area contributed by atoms with E-state index in [9.17, 15) is 19.7 Å². The van der Waals surface area contributed by atoms with Crippen molar-refractivity contribution in [2.75, 3.05) is 11.9 Å².